The molecule has 1 heterocycles. The highest BCUT2D eigenvalue weighted by Crippen LogP contribution is 2.38. The minimum Gasteiger partial charge on any atom is -0.435 e. The number of hydrogen-bond acceptors (Lipinski definition) is 5. The fraction of sp³-hybridized carbons (Fsp3) is 0.333. The lowest BCUT2D eigenvalue weighted by molar-refractivity contribution is 0.00685. The number of rotatable bonds is 3. The van der Waals surface area contributed by atoms with Gasteiger partial charge < -0.3 is 9.84 Å². The molecule has 5 heteroatoms. The van der Waals surface area contributed by atoms with Crippen molar-refractivity contribution in [3.05, 3.63) is 50.5 Å². The van der Waals surface area contributed by atoms with Gasteiger partial charge in [-0.25, -0.2) is 4.79 Å². The summed E-state index contributed by atoms with van der Waals surface area (Å²) < 4.78 is 5.36. The minimum absolute atomic E-state index is 0.0545. The average molecular weight is 330 g/mol. The van der Waals surface area contributed by atoms with Gasteiger partial charge in [0.1, 0.15) is 0 Å². The summed E-state index contributed by atoms with van der Waals surface area (Å²) in [7, 11) is 0. The number of hydrogen-bond donors (Lipinski definition) is 1. The molecule has 1 aromatic heterocycles. The summed E-state index contributed by atoms with van der Waals surface area (Å²) in [5, 5.41) is 9.33. The summed E-state index contributed by atoms with van der Waals surface area (Å²) in [5.74, 6) is -0.00629. The first-order chi connectivity index (χ1) is 11.1. The van der Waals surface area contributed by atoms with Gasteiger partial charge in [0.2, 0.25) is 0 Å². The van der Waals surface area contributed by atoms with Crippen LogP contribution in [0.1, 0.15) is 47.0 Å². The van der Waals surface area contributed by atoms with E-state index in [1.54, 1.807) is 18.2 Å². The van der Waals surface area contributed by atoms with Crippen LogP contribution in [0.5, 0.6) is 0 Å². The van der Waals surface area contributed by atoms with E-state index in [9.17, 15) is 9.59 Å². The minimum atomic E-state index is -0.657. The largest absolute Gasteiger partial charge is 0.435 e. The van der Waals surface area contributed by atoms with Crippen LogP contribution < -0.4 is 5.43 Å². The van der Waals surface area contributed by atoms with E-state index >= 15 is 0 Å². The van der Waals surface area contributed by atoms with Gasteiger partial charge in [0.05, 0.1) is 5.56 Å². The van der Waals surface area contributed by atoms with E-state index in [1.165, 1.54) is 11.3 Å². The molecule has 0 amide bonds. The van der Waals surface area contributed by atoms with Crippen molar-refractivity contribution in [2.24, 2.45) is 5.92 Å². The van der Waals surface area contributed by atoms with Crippen LogP contribution in [0, 0.1) is 5.92 Å². The SMILES string of the molecule is CCC1c2c(sc3cc(C(=O)OCO)ccc3c2=O)C=CC1C. The van der Waals surface area contributed by atoms with E-state index in [1.807, 2.05) is 6.08 Å². The van der Waals surface area contributed by atoms with Gasteiger partial charge in [-0.3, -0.25) is 4.79 Å². The molecule has 3 rings (SSSR count). The van der Waals surface area contributed by atoms with E-state index in [2.05, 4.69) is 24.7 Å². The Kier molecular flexibility index (Phi) is 4.33. The third-order valence-electron chi connectivity index (χ3n) is 4.38. The lowest BCUT2D eigenvalue weighted by atomic mass is 9.81. The zero-order valence-corrected chi connectivity index (χ0v) is 13.9. The van der Waals surface area contributed by atoms with Crippen molar-refractivity contribution in [3.63, 3.8) is 0 Å². The second kappa shape index (κ2) is 6.26. The topological polar surface area (TPSA) is 63.6 Å². The molecule has 1 N–H and O–H groups in total. The standard InChI is InChI=1S/C18H18O4S/c1-3-12-10(2)4-7-14-16(12)17(20)13-6-5-11(8-15(13)23-14)18(21)22-9-19/h4-8,10,12,19H,3,9H2,1-2H3. The van der Waals surface area contributed by atoms with E-state index in [0.29, 0.717) is 16.9 Å². The molecule has 2 aromatic rings. The summed E-state index contributed by atoms with van der Waals surface area (Å²) in [5.41, 5.74) is 1.28. The molecule has 2 unspecified atom stereocenters. The molecule has 0 spiro atoms. The van der Waals surface area contributed by atoms with Crippen LogP contribution in [-0.2, 0) is 4.74 Å². The molecule has 0 radical (unpaired) electrons. The van der Waals surface area contributed by atoms with Gasteiger partial charge >= 0.3 is 5.97 Å². The van der Waals surface area contributed by atoms with Crippen LogP contribution in [-0.4, -0.2) is 17.9 Å². The van der Waals surface area contributed by atoms with E-state index in [4.69, 9.17) is 5.11 Å². The molecule has 1 aliphatic rings. The first-order valence-corrected chi connectivity index (χ1v) is 8.45. The van der Waals surface area contributed by atoms with Crippen molar-refractivity contribution in [2.75, 3.05) is 6.79 Å². The summed E-state index contributed by atoms with van der Waals surface area (Å²) in [6.07, 6.45) is 5.07. The van der Waals surface area contributed by atoms with Crippen LogP contribution in [0.2, 0.25) is 0 Å². The number of carbonyl (C=O) groups excluding carboxylic acids is 1. The first kappa shape index (κ1) is 15.9. The Hall–Kier alpha value is -1.98. The fourth-order valence-corrected chi connectivity index (χ4v) is 4.37. The summed E-state index contributed by atoms with van der Waals surface area (Å²) >= 11 is 1.52. The second-order valence-corrected chi connectivity index (χ2v) is 6.80. The number of aliphatic hydroxyl groups excluding tert-OH is 1. The van der Waals surface area contributed by atoms with Crippen molar-refractivity contribution in [3.8, 4) is 0 Å². The zero-order valence-electron chi connectivity index (χ0n) is 13.0. The summed E-state index contributed by atoms with van der Waals surface area (Å²) in [6, 6.07) is 4.91. The van der Waals surface area contributed by atoms with E-state index in [-0.39, 0.29) is 11.3 Å². The number of aliphatic hydroxyl groups is 1. The quantitative estimate of drug-likeness (QED) is 0.691. The van der Waals surface area contributed by atoms with Crippen molar-refractivity contribution in [1.29, 1.82) is 0 Å². The Morgan fingerprint density at radius 1 is 1.39 bits per heavy atom. The predicted molar refractivity (Wildman–Crippen MR) is 91.8 cm³/mol. The van der Waals surface area contributed by atoms with Gasteiger partial charge in [-0.05, 0) is 42.5 Å². The lowest BCUT2D eigenvalue weighted by Crippen LogP contribution is -2.21. The molecule has 0 aliphatic heterocycles. The van der Waals surface area contributed by atoms with Crippen molar-refractivity contribution in [1.82, 2.24) is 0 Å². The van der Waals surface area contributed by atoms with Crippen molar-refractivity contribution >= 4 is 33.5 Å². The van der Waals surface area contributed by atoms with Gasteiger partial charge in [0.15, 0.2) is 12.2 Å². The zero-order chi connectivity index (χ0) is 16.6. The number of fused-ring (bicyclic) bond motifs is 2. The Bertz CT molecular complexity index is 850. The average Bonchev–Trinajstić information content (AvgIpc) is 2.55. The smallest absolute Gasteiger partial charge is 0.340 e. The van der Waals surface area contributed by atoms with Crippen LogP contribution in [0.3, 0.4) is 0 Å². The van der Waals surface area contributed by atoms with E-state index < -0.39 is 12.8 Å². The normalized spacial score (nSPS) is 19.6. The number of carbonyl (C=O) groups is 1. The first-order valence-electron chi connectivity index (χ1n) is 7.63. The van der Waals surface area contributed by atoms with Gasteiger partial charge in [-0.2, -0.15) is 0 Å². The molecule has 1 aliphatic carbocycles. The van der Waals surface area contributed by atoms with Crippen LogP contribution in [0.4, 0.5) is 0 Å². The predicted octanol–water partition coefficient (Wildman–Crippen LogP) is 3.52. The third kappa shape index (κ3) is 2.71. The summed E-state index contributed by atoms with van der Waals surface area (Å²) in [4.78, 5) is 25.6. The molecular formula is C18H18O4S. The molecule has 0 saturated heterocycles. The number of esters is 1. The van der Waals surface area contributed by atoms with Crippen molar-refractivity contribution in [2.45, 2.75) is 26.2 Å². The highest BCUT2D eigenvalue weighted by atomic mass is 32.1. The number of ether oxygens (including phenoxy) is 1. The molecule has 23 heavy (non-hydrogen) atoms. The monoisotopic (exact) mass is 330 g/mol. The highest BCUT2D eigenvalue weighted by Gasteiger charge is 2.26. The van der Waals surface area contributed by atoms with Gasteiger partial charge in [0.25, 0.3) is 0 Å². The molecule has 4 nitrogen and oxygen atoms in total. The molecular weight excluding hydrogens is 312 g/mol. The van der Waals surface area contributed by atoms with E-state index in [0.717, 1.165) is 21.6 Å². The van der Waals surface area contributed by atoms with Crippen LogP contribution in [0.15, 0.2) is 29.1 Å². The lowest BCUT2D eigenvalue weighted by Gasteiger charge is -2.25. The third-order valence-corrected chi connectivity index (χ3v) is 5.52. The molecule has 120 valence electrons. The van der Waals surface area contributed by atoms with Gasteiger partial charge in [0, 0.05) is 20.5 Å². The highest BCUT2D eigenvalue weighted by molar-refractivity contribution is 7.19. The van der Waals surface area contributed by atoms with Crippen LogP contribution >= 0.6 is 11.3 Å². The van der Waals surface area contributed by atoms with Gasteiger partial charge in [-0.1, -0.05) is 19.9 Å². The second-order valence-electron chi connectivity index (χ2n) is 5.71. The van der Waals surface area contributed by atoms with Gasteiger partial charge in [-0.15, -0.1) is 11.3 Å². The summed E-state index contributed by atoms with van der Waals surface area (Å²) in [6.45, 7) is 3.58. The maximum absolute atomic E-state index is 12.9. The Morgan fingerprint density at radius 3 is 2.87 bits per heavy atom. The van der Waals surface area contributed by atoms with Crippen LogP contribution in [0.25, 0.3) is 16.2 Å². The maximum Gasteiger partial charge on any atom is 0.340 e. The molecule has 1 aromatic carbocycles. The van der Waals surface area contributed by atoms with Crippen molar-refractivity contribution < 1.29 is 14.6 Å². The Morgan fingerprint density at radius 2 is 2.17 bits per heavy atom. The Balaban J connectivity index is 2.20. The number of allylic oxidation sites excluding steroid dienone is 1. The maximum atomic E-state index is 12.9. The molecule has 0 fully saturated rings. The molecule has 0 bridgehead atoms. The Labute approximate surface area is 138 Å². The fourth-order valence-electron chi connectivity index (χ4n) is 3.18. The molecule has 2 atom stereocenters. The molecule has 0 saturated carbocycles. The number of benzene rings is 1.